The van der Waals surface area contributed by atoms with Gasteiger partial charge < -0.3 is 10.2 Å². The second-order valence-corrected chi connectivity index (χ2v) is 5.00. The van der Waals surface area contributed by atoms with E-state index in [2.05, 4.69) is 46.6 Å². The average molecular weight is 413 g/mol. The van der Waals surface area contributed by atoms with Gasteiger partial charge in [-0.3, -0.25) is 4.99 Å². The zero-order valence-electron chi connectivity index (χ0n) is 13.4. The molecule has 0 amide bonds. The molecule has 5 nitrogen and oxygen atoms in total. The normalized spacial score (nSPS) is 11.0. The number of benzene rings is 1. The van der Waals surface area contributed by atoms with Crippen LogP contribution in [0.25, 0.3) is 5.69 Å². The van der Waals surface area contributed by atoms with Crippen LogP contribution in [0.15, 0.2) is 47.7 Å². The Morgan fingerprint density at radius 2 is 2.00 bits per heavy atom. The summed E-state index contributed by atoms with van der Waals surface area (Å²) in [5, 5.41) is 7.48. The molecule has 120 valence electrons. The quantitative estimate of drug-likeness (QED) is 0.466. The van der Waals surface area contributed by atoms with Gasteiger partial charge in [0.2, 0.25) is 0 Å². The highest BCUT2D eigenvalue weighted by atomic mass is 127. The average Bonchev–Trinajstić information content (AvgIpc) is 3.01. The number of hydrogen-bond donors (Lipinski definition) is 1. The lowest BCUT2D eigenvalue weighted by atomic mass is 10.1. The highest BCUT2D eigenvalue weighted by Gasteiger charge is 2.00. The summed E-state index contributed by atoms with van der Waals surface area (Å²) in [6, 6.07) is 10.4. The van der Waals surface area contributed by atoms with E-state index >= 15 is 0 Å². The number of aliphatic imine (C=N–C) groups is 1. The number of halogens is 1. The van der Waals surface area contributed by atoms with Crippen molar-refractivity contribution in [2.45, 2.75) is 13.3 Å². The molecule has 0 aliphatic carbocycles. The molecule has 1 aromatic heterocycles. The molecule has 0 atom stereocenters. The SMILES string of the molecule is CCNC(=NCCc1ccc(-n2cccn2)cc1)N(C)C.I. The van der Waals surface area contributed by atoms with Gasteiger partial charge in [-0.05, 0) is 37.1 Å². The second-order valence-electron chi connectivity index (χ2n) is 5.00. The van der Waals surface area contributed by atoms with E-state index in [9.17, 15) is 0 Å². The van der Waals surface area contributed by atoms with Gasteiger partial charge in [-0.15, -0.1) is 24.0 Å². The number of hydrogen-bond acceptors (Lipinski definition) is 2. The minimum Gasteiger partial charge on any atom is -0.357 e. The Balaban J connectivity index is 0.00000242. The molecule has 2 rings (SSSR count). The van der Waals surface area contributed by atoms with Gasteiger partial charge >= 0.3 is 0 Å². The molecule has 1 aromatic carbocycles. The first-order valence-electron chi connectivity index (χ1n) is 7.25. The number of rotatable bonds is 5. The lowest BCUT2D eigenvalue weighted by Crippen LogP contribution is -2.36. The Morgan fingerprint density at radius 3 is 2.55 bits per heavy atom. The first-order chi connectivity index (χ1) is 10.2. The van der Waals surface area contributed by atoms with Gasteiger partial charge in [0.15, 0.2) is 5.96 Å². The molecule has 0 aliphatic heterocycles. The van der Waals surface area contributed by atoms with Crippen LogP contribution in [0.1, 0.15) is 12.5 Å². The topological polar surface area (TPSA) is 45.5 Å². The predicted molar refractivity (Wildman–Crippen MR) is 102 cm³/mol. The van der Waals surface area contributed by atoms with E-state index in [1.54, 1.807) is 6.20 Å². The summed E-state index contributed by atoms with van der Waals surface area (Å²) in [5.74, 6) is 0.936. The molecule has 22 heavy (non-hydrogen) atoms. The summed E-state index contributed by atoms with van der Waals surface area (Å²) in [6.45, 7) is 3.74. The van der Waals surface area contributed by atoms with Gasteiger partial charge in [-0.1, -0.05) is 12.1 Å². The van der Waals surface area contributed by atoms with Crippen LogP contribution in [0.4, 0.5) is 0 Å². The second kappa shape index (κ2) is 9.45. The molecular formula is C16H24IN5. The van der Waals surface area contributed by atoms with Crippen molar-refractivity contribution >= 4 is 29.9 Å². The summed E-state index contributed by atoms with van der Waals surface area (Å²) in [6.07, 6.45) is 4.66. The van der Waals surface area contributed by atoms with Crippen LogP contribution >= 0.6 is 24.0 Å². The summed E-state index contributed by atoms with van der Waals surface area (Å²) >= 11 is 0. The first kappa shape index (κ1) is 18.5. The molecule has 0 spiro atoms. The Bertz CT molecular complexity index is 561. The predicted octanol–water partition coefficient (Wildman–Crippen LogP) is 2.56. The van der Waals surface area contributed by atoms with Crippen LogP contribution in [-0.4, -0.2) is 47.8 Å². The fourth-order valence-electron chi connectivity index (χ4n) is 2.04. The van der Waals surface area contributed by atoms with E-state index in [1.807, 2.05) is 35.9 Å². The molecule has 1 N–H and O–H groups in total. The largest absolute Gasteiger partial charge is 0.357 e. The number of nitrogens with zero attached hydrogens (tertiary/aromatic N) is 4. The van der Waals surface area contributed by atoms with Crippen molar-refractivity contribution < 1.29 is 0 Å². The zero-order chi connectivity index (χ0) is 15.1. The first-order valence-corrected chi connectivity index (χ1v) is 7.25. The van der Waals surface area contributed by atoms with Crippen LogP contribution in [0.5, 0.6) is 0 Å². The lowest BCUT2D eigenvalue weighted by molar-refractivity contribution is 0.583. The third kappa shape index (κ3) is 5.32. The van der Waals surface area contributed by atoms with Crippen molar-refractivity contribution in [2.24, 2.45) is 4.99 Å². The molecule has 6 heteroatoms. The Labute approximate surface area is 149 Å². The number of guanidine groups is 1. The highest BCUT2D eigenvalue weighted by molar-refractivity contribution is 14.0. The van der Waals surface area contributed by atoms with Crippen molar-refractivity contribution in [3.8, 4) is 5.69 Å². The Hall–Kier alpha value is -1.57. The van der Waals surface area contributed by atoms with Crippen molar-refractivity contribution in [2.75, 3.05) is 27.2 Å². The van der Waals surface area contributed by atoms with E-state index in [-0.39, 0.29) is 24.0 Å². The van der Waals surface area contributed by atoms with Crippen molar-refractivity contribution in [3.63, 3.8) is 0 Å². The van der Waals surface area contributed by atoms with Gasteiger partial charge in [0.05, 0.1) is 5.69 Å². The van der Waals surface area contributed by atoms with E-state index in [1.165, 1.54) is 5.56 Å². The molecule has 0 saturated carbocycles. The van der Waals surface area contributed by atoms with Crippen molar-refractivity contribution in [1.82, 2.24) is 20.0 Å². The summed E-state index contributed by atoms with van der Waals surface area (Å²) < 4.78 is 1.86. The molecular weight excluding hydrogens is 389 g/mol. The third-order valence-corrected chi connectivity index (χ3v) is 3.13. The van der Waals surface area contributed by atoms with Gasteiger partial charge in [0.25, 0.3) is 0 Å². The Morgan fingerprint density at radius 1 is 1.27 bits per heavy atom. The van der Waals surface area contributed by atoms with Gasteiger partial charge in [-0.2, -0.15) is 5.10 Å². The maximum Gasteiger partial charge on any atom is 0.193 e. The Kier molecular flexibility index (Phi) is 7.94. The van der Waals surface area contributed by atoms with E-state index in [4.69, 9.17) is 0 Å². The smallest absolute Gasteiger partial charge is 0.193 e. The zero-order valence-corrected chi connectivity index (χ0v) is 15.7. The fourth-order valence-corrected chi connectivity index (χ4v) is 2.04. The highest BCUT2D eigenvalue weighted by Crippen LogP contribution is 2.09. The molecule has 2 aromatic rings. The minimum absolute atomic E-state index is 0. The maximum absolute atomic E-state index is 4.59. The number of aromatic nitrogens is 2. The molecule has 0 fully saturated rings. The monoisotopic (exact) mass is 413 g/mol. The molecule has 1 heterocycles. The van der Waals surface area contributed by atoms with E-state index in [0.717, 1.165) is 31.2 Å². The summed E-state index contributed by atoms with van der Waals surface area (Å²) in [4.78, 5) is 6.60. The van der Waals surface area contributed by atoms with Crippen LogP contribution < -0.4 is 5.32 Å². The molecule has 0 unspecified atom stereocenters. The summed E-state index contributed by atoms with van der Waals surface area (Å²) in [7, 11) is 4.00. The van der Waals surface area contributed by atoms with Crippen LogP contribution in [-0.2, 0) is 6.42 Å². The van der Waals surface area contributed by atoms with Crippen LogP contribution in [0.3, 0.4) is 0 Å². The van der Waals surface area contributed by atoms with E-state index < -0.39 is 0 Å². The maximum atomic E-state index is 4.59. The minimum atomic E-state index is 0. The third-order valence-electron chi connectivity index (χ3n) is 3.13. The van der Waals surface area contributed by atoms with Crippen LogP contribution in [0, 0.1) is 0 Å². The van der Waals surface area contributed by atoms with Crippen LogP contribution in [0.2, 0.25) is 0 Å². The van der Waals surface area contributed by atoms with Gasteiger partial charge in [-0.25, -0.2) is 4.68 Å². The lowest BCUT2D eigenvalue weighted by Gasteiger charge is -2.16. The fraction of sp³-hybridized carbons (Fsp3) is 0.375. The molecule has 0 saturated heterocycles. The molecule has 0 aliphatic rings. The van der Waals surface area contributed by atoms with Gasteiger partial charge in [0, 0.05) is 39.6 Å². The summed E-state index contributed by atoms with van der Waals surface area (Å²) in [5.41, 5.74) is 2.36. The van der Waals surface area contributed by atoms with Crippen molar-refractivity contribution in [1.29, 1.82) is 0 Å². The standard InChI is InChI=1S/C16H23N5.HI/c1-4-17-16(20(2)3)18-12-10-14-6-8-15(9-7-14)21-13-5-11-19-21;/h5-9,11,13H,4,10,12H2,1-3H3,(H,17,18);1H. The van der Waals surface area contributed by atoms with Gasteiger partial charge in [0.1, 0.15) is 0 Å². The van der Waals surface area contributed by atoms with E-state index in [0.29, 0.717) is 0 Å². The van der Waals surface area contributed by atoms with Crippen molar-refractivity contribution in [3.05, 3.63) is 48.3 Å². The molecule has 0 radical (unpaired) electrons. The number of nitrogens with one attached hydrogen (secondary N) is 1. The molecule has 0 bridgehead atoms.